The SMILES string of the molecule is COC(=O)c1ccc(-c2ccc(CSc3nc(C(C)C)nc4ccccc34)cc2)cc1. The third kappa shape index (κ3) is 4.78. The van der Waals surface area contributed by atoms with E-state index in [2.05, 4.69) is 44.2 Å². The number of hydrogen-bond acceptors (Lipinski definition) is 5. The fourth-order valence-electron chi connectivity index (χ4n) is 3.29. The van der Waals surface area contributed by atoms with E-state index in [1.165, 1.54) is 12.7 Å². The molecule has 3 aromatic carbocycles. The van der Waals surface area contributed by atoms with Crippen molar-refractivity contribution >= 4 is 28.6 Å². The van der Waals surface area contributed by atoms with E-state index >= 15 is 0 Å². The molecule has 4 rings (SSSR count). The largest absolute Gasteiger partial charge is 0.465 e. The summed E-state index contributed by atoms with van der Waals surface area (Å²) in [5.41, 5.74) is 4.95. The van der Waals surface area contributed by atoms with E-state index in [1.54, 1.807) is 23.9 Å². The summed E-state index contributed by atoms with van der Waals surface area (Å²) in [6.45, 7) is 4.24. The second kappa shape index (κ2) is 9.31. The zero-order valence-corrected chi connectivity index (χ0v) is 18.6. The molecule has 0 aliphatic rings. The molecule has 0 aliphatic heterocycles. The highest BCUT2D eigenvalue weighted by Crippen LogP contribution is 2.30. The van der Waals surface area contributed by atoms with Crippen LogP contribution in [0.15, 0.2) is 77.8 Å². The van der Waals surface area contributed by atoms with Crippen molar-refractivity contribution < 1.29 is 9.53 Å². The van der Waals surface area contributed by atoms with Crippen LogP contribution in [0.3, 0.4) is 0 Å². The van der Waals surface area contributed by atoms with Gasteiger partial charge in [0.1, 0.15) is 10.9 Å². The molecule has 1 aromatic heterocycles. The molecular weight excluding hydrogens is 404 g/mol. The van der Waals surface area contributed by atoms with E-state index in [0.717, 1.165) is 38.6 Å². The molecule has 4 aromatic rings. The summed E-state index contributed by atoms with van der Waals surface area (Å²) in [5.74, 6) is 1.68. The lowest BCUT2D eigenvalue weighted by Gasteiger charge is -2.10. The monoisotopic (exact) mass is 428 g/mol. The van der Waals surface area contributed by atoms with Crippen LogP contribution in [-0.4, -0.2) is 23.0 Å². The van der Waals surface area contributed by atoms with Gasteiger partial charge in [0.05, 0.1) is 18.2 Å². The molecule has 0 amide bonds. The summed E-state index contributed by atoms with van der Waals surface area (Å²) in [6, 6.07) is 24.2. The highest BCUT2D eigenvalue weighted by atomic mass is 32.2. The highest BCUT2D eigenvalue weighted by molar-refractivity contribution is 7.98. The molecule has 0 aliphatic carbocycles. The number of para-hydroxylation sites is 1. The molecular formula is C26H24N2O2S. The molecule has 5 heteroatoms. The Kier molecular flexibility index (Phi) is 6.33. The smallest absolute Gasteiger partial charge is 0.337 e. The van der Waals surface area contributed by atoms with Gasteiger partial charge in [-0.25, -0.2) is 14.8 Å². The van der Waals surface area contributed by atoms with Gasteiger partial charge in [0.25, 0.3) is 0 Å². The van der Waals surface area contributed by atoms with Gasteiger partial charge in [-0.1, -0.05) is 68.4 Å². The maximum atomic E-state index is 11.6. The lowest BCUT2D eigenvalue weighted by Crippen LogP contribution is -2.00. The Morgan fingerprint density at radius 2 is 1.55 bits per heavy atom. The average molecular weight is 429 g/mol. The van der Waals surface area contributed by atoms with Crippen LogP contribution >= 0.6 is 11.8 Å². The Balaban J connectivity index is 1.51. The van der Waals surface area contributed by atoms with Gasteiger partial charge >= 0.3 is 5.97 Å². The van der Waals surface area contributed by atoms with Crippen molar-refractivity contribution in [2.45, 2.75) is 30.5 Å². The van der Waals surface area contributed by atoms with Crippen molar-refractivity contribution in [3.63, 3.8) is 0 Å². The van der Waals surface area contributed by atoms with Crippen LogP contribution in [0.1, 0.15) is 41.5 Å². The van der Waals surface area contributed by atoms with Crippen LogP contribution < -0.4 is 0 Å². The Labute approximate surface area is 186 Å². The van der Waals surface area contributed by atoms with Crippen LogP contribution in [0.4, 0.5) is 0 Å². The minimum atomic E-state index is -0.322. The van der Waals surface area contributed by atoms with Crippen LogP contribution in [0.25, 0.3) is 22.0 Å². The van der Waals surface area contributed by atoms with Gasteiger partial charge in [0.15, 0.2) is 0 Å². The highest BCUT2D eigenvalue weighted by Gasteiger charge is 2.11. The number of hydrogen-bond donors (Lipinski definition) is 0. The number of carbonyl (C=O) groups excluding carboxylic acids is 1. The third-order valence-electron chi connectivity index (χ3n) is 5.07. The minimum Gasteiger partial charge on any atom is -0.465 e. The predicted octanol–water partition coefficient (Wildman–Crippen LogP) is 6.50. The Morgan fingerprint density at radius 1 is 0.903 bits per heavy atom. The van der Waals surface area contributed by atoms with E-state index in [4.69, 9.17) is 14.7 Å². The zero-order valence-electron chi connectivity index (χ0n) is 17.8. The van der Waals surface area contributed by atoms with E-state index in [1.807, 2.05) is 30.3 Å². The van der Waals surface area contributed by atoms with E-state index in [0.29, 0.717) is 5.56 Å². The molecule has 0 saturated heterocycles. The molecule has 0 unspecified atom stereocenters. The van der Waals surface area contributed by atoms with Crippen molar-refractivity contribution in [1.29, 1.82) is 0 Å². The number of benzene rings is 3. The Morgan fingerprint density at radius 3 is 2.19 bits per heavy atom. The van der Waals surface area contributed by atoms with Crippen LogP contribution in [0.2, 0.25) is 0 Å². The maximum Gasteiger partial charge on any atom is 0.337 e. The normalized spacial score (nSPS) is 11.1. The fraction of sp³-hybridized carbons (Fsp3) is 0.192. The molecule has 0 bridgehead atoms. The molecule has 0 saturated carbocycles. The standard InChI is InChI=1S/C26H24N2O2S/c1-17(2)24-27-23-7-5-4-6-22(23)25(28-24)31-16-18-8-10-19(11-9-18)20-12-14-21(15-13-20)26(29)30-3/h4-15,17H,16H2,1-3H3. The Bertz CT molecular complexity index is 1200. The molecule has 0 fully saturated rings. The number of rotatable bonds is 6. The van der Waals surface area contributed by atoms with Crippen molar-refractivity contribution in [2.75, 3.05) is 7.11 Å². The van der Waals surface area contributed by atoms with Gasteiger partial charge in [0, 0.05) is 17.1 Å². The predicted molar refractivity (Wildman–Crippen MR) is 126 cm³/mol. The van der Waals surface area contributed by atoms with Gasteiger partial charge < -0.3 is 4.74 Å². The number of nitrogens with zero attached hydrogens (tertiary/aromatic N) is 2. The lowest BCUT2D eigenvalue weighted by atomic mass is 10.0. The molecule has 0 radical (unpaired) electrons. The minimum absolute atomic E-state index is 0.286. The first kappa shape index (κ1) is 21.1. The Hall–Kier alpha value is -3.18. The van der Waals surface area contributed by atoms with Crippen molar-refractivity contribution in [3.05, 3.63) is 89.7 Å². The molecule has 0 N–H and O–H groups in total. The van der Waals surface area contributed by atoms with Gasteiger partial charge in [-0.15, -0.1) is 11.8 Å². The third-order valence-corrected chi connectivity index (χ3v) is 6.13. The summed E-state index contributed by atoms with van der Waals surface area (Å²) in [4.78, 5) is 21.1. The fourth-order valence-corrected chi connectivity index (χ4v) is 4.28. The maximum absolute atomic E-state index is 11.6. The second-order valence-electron chi connectivity index (χ2n) is 7.61. The number of esters is 1. The topological polar surface area (TPSA) is 52.1 Å². The average Bonchev–Trinajstić information content (AvgIpc) is 2.82. The van der Waals surface area contributed by atoms with Gasteiger partial charge in [0.2, 0.25) is 0 Å². The molecule has 4 nitrogen and oxygen atoms in total. The number of fused-ring (bicyclic) bond motifs is 1. The van der Waals surface area contributed by atoms with Crippen LogP contribution in [0, 0.1) is 0 Å². The zero-order chi connectivity index (χ0) is 21.8. The molecule has 0 atom stereocenters. The molecule has 0 spiro atoms. The number of carbonyl (C=O) groups is 1. The van der Waals surface area contributed by atoms with Crippen molar-refractivity contribution in [3.8, 4) is 11.1 Å². The summed E-state index contributed by atoms with van der Waals surface area (Å²) in [5, 5.41) is 2.12. The van der Waals surface area contributed by atoms with Gasteiger partial charge in [-0.05, 0) is 34.9 Å². The first-order valence-electron chi connectivity index (χ1n) is 10.2. The number of ether oxygens (including phenoxy) is 1. The summed E-state index contributed by atoms with van der Waals surface area (Å²) >= 11 is 1.74. The van der Waals surface area contributed by atoms with E-state index in [9.17, 15) is 4.79 Å². The summed E-state index contributed by atoms with van der Waals surface area (Å²) in [6.07, 6.45) is 0. The van der Waals surface area contributed by atoms with Crippen molar-refractivity contribution in [1.82, 2.24) is 9.97 Å². The van der Waals surface area contributed by atoms with E-state index < -0.39 is 0 Å². The van der Waals surface area contributed by atoms with Crippen LogP contribution in [-0.2, 0) is 10.5 Å². The second-order valence-corrected chi connectivity index (χ2v) is 8.58. The molecule has 31 heavy (non-hydrogen) atoms. The number of aromatic nitrogens is 2. The summed E-state index contributed by atoms with van der Waals surface area (Å²) in [7, 11) is 1.39. The van der Waals surface area contributed by atoms with E-state index in [-0.39, 0.29) is 11.9 Å². The molecule has 156 valence electrons. The lowest BCUT2D eigenvalue weighted by molar-refractivity contribution is 0.0601. The number of thioether (sulfide) groups is 1. The molecule has 1 heterocycles. The van der Waals surface area contributed by atoms with Gasteiger partial charge in [-0.2, -0.15) is 0 Å². The first-order chi connectivity index (χ1) is 15.0. The van der Waals surface area contributed by atoms with Crippen molar-refractivity contribution in [2.24, 2.45) is 0 Å². The summed E-state index contributed by atoms with van der Waals surface area (Å²) < 4.78 is 4.76. The number of methoxy groups -OCH3 is 1. The quantitative estimate of drug-likeness (QED) is 0.199. The first-order valence-corrected chi connectivity index (χ1v) is 11.2. The van der Waals surface area contributed by atoms with Crippen LogP contribution in [0.5, 0.6) is 0 Å². The van der Waals surface area contributed by atoms with Gasteiger partial charge in [-0.3, -0.25) is 0 Å².